The van der Waals surface area contributed by atoms with Crippen LogP contribution in [0.1, 0.15) is 27.7 Å². The van der Waals surface area contributed by atoms with Crippen molar-refractivity contribution in [3.05, 3.63) is 0 Å². The third-order valence-corrected chi connectivity index (χ3v) is 13.7. The van der Waals surface area contributed by atoms with Gasteiger partial charge < -0.3 is 59.6 Å². The van der Waals surface area contributed by atoms with E-state index in [0.29, 0.717) is 0 Å². The smallest absolute Gasteiger partial charge is 0.370 e. The maximum absolute atomic E-state index is 12.1. The van der Waals surface area contributed by atoms with Gasteiger partial charge in [0.1, 0.15) is 0 Å². The van der Waals surface area contributed by atoms with Gasteiger partial charge >= 0.3 is 30.4 Å². The topological polar surface area (TPSA) is 324 Å². The van der Waals surface area contributed by atoms with E-state index in [1.165, 1.54) is 23.6 Å². The summed E-state index contributed by atoms with van der Waals surface area (Å²) in [6, 6.07) is 0. The van der Waals surface area contributed by atoms with Crippen LogP contribution in [0.3, 0.4) is 0 Å². The fourth-order valence-electron chi connectivity index (χ4n) is 4.44. The Hall–Kier alpha value is 0.280. The van der Waals surface area contributed by atoms with Crippen LogP contribution in [-0.2, 0) is 18.3 Å². The highest BCUT2D eigenvalue weighted by molar-refractivity contribution is 7.72. The lowest BCUT2D eigenvalue weighted by molar-refractivity contribution is 0.0115. The maximum Gasteiger partial charge on any atom is 0.370 e. The molecule has 1 aliphatic rings. The molecule has 0 radical (unpaired) electrons. The van der Waals surface area contributed by atoms with Crippen LogP contribution in [0.25, 0.3) is 0 Å². The van der Waals surface area contributed by atoms with Crippen LogP contribution >= 0.6 is 30.4 Å². The molecule has 1 heterocycles. The molecule has 0 aromatic rings. The molecular formula is C20H48N4O16P4. The lowest BCUT2D eigenvalue weighted by atomic mass is 10.1. The van der Waals surface area contributed by atoms with Crippen molar-refractivity contribution in [2.24, 2.45) is 0 Å². The monoisotopic (exact) mass is 724 g/mol. The average molecular weight is 725 g/mol. The van der Waals surface area contributed by atoms with E-state index in [0.717, 1.165) is 18.7 Å². The summed E-state index contributed by atoms with van der Waals surface area (Å²) in [5, 5.41) is 33.1. The van der Waals surface area contributed by atoms with Gasteiger partial charge in [-0.2, -0.15) is 0 Å². The van der Waals surface area contributed by atoms with Crippen molar-refractivity contribution in [2.45, 2.75) is 49.1 Å². The summed E-state index contributed by atoms with van der Waals surface area (Å²) in [4.78, 5) is 82.8. The van der Waals surface area contributed by atoms with Gasteiger partial charge in [-0.05, 0) is 27.7 Å². The van der Waals surface area contributed by atoms with E-state index in [9.17, 15) is 77.8 Å². The molecule has 12 N–H and O–H groups in total. The highest BCUT2D eigenvalue weighted by atomic mass is 31.2. The maximum atomic E-state index is 12.1. The molecule has 44 heavy (non-hydrogen) atoms. The molecule has 0 aromatic heterocycles. The Morgan fingerprint density at radius 3 is 0.864 bits per heavy atom. The number of aliphatic hydroxyl groups is 4. The van der Waals surface area contributed by atoms with E-state index in [4.69, 9.17) is 0 Å². The van der Waals surface area contributed by atoms with Crippen LogP contribution in [0.15, 0.2) is 0 Å². The second-order valence-corrected chi connectivity index (χ2v) is 20.4. The summed E-state index contributed by atoms with van der Waals surface area (Å²) in [6.07, 6.45) is 0. The van der Waals surface area contributed by atoms with E-state index in [-0.39, 0.29) is 58.9 Å². The van der Waals surface area contributed by atoms with Crippen molar-refractivity contribution < 1.29 is 77.8 Å². The number of hydrogen-bond acceptors (Lipinski definition) is 12. The molecule has 0 aromatic carbocycles. The molecule has 20 nitrogen and oxygen atoms in total. The molecule has 0 saturated carbocycles. The molecule has 24 heteroatoms. The normalized spacial score (nSPS) is 22.5. The summed E-state index contributed by atoms with van der Waals surface area (Å²) in [7, 11) is -21.8. The summed E-state index contributed by atoms with van der Waals surface area (Å²) in [5.74, 6) is 0. The van der Waals surface area contributed by atoms with Crippen molar-refractivity contribution in [3.63, 3.8) is 0 Å². The number of β-amino-alcohol motifs (C(OH)–C–C–N with tert-alkyl or cyclic N) is 4. The standard InChI is InChI=1S/C20H48N4O16P4/c1-17(2,25)13-21-5-7-22(14-18(3,26)41(29,30)31)8-9-23(15-19(4,27)42(32,33)34)10-12-24(11-6-21)16-20(28,43(35,36)37)44(38,39)40/h25-28H,5-16H2,1-4H3,(H2,29,30,31)(H2,32,33,34)(H2,35,36,37)(H2,38,39,40). The first kappa shape index (κ1) is 42.3. The molecular weight excluding hydrogens is 676 g/mol. The average Bonchev–Trinajstić information content (AvgIpc) is 2.76. The van der Waals surface area contributed by atoms with Crippen molar-refractivity contribution >= 4 is 30.4 Å². The van der Waals surface area contributed by atoms with E-state index in [1.807, 2.05) is 0 Å². The second kappa shape index (κ2) is 14.8. The molecule has 1 fully saturated rings. The zero-order valence-electron chi connectivity index (χ0n) is 25.1. The minimum Gasteiger partial charge on any atom is -0.389 e. The van der Waals surface area contributed by atoms with Gasteiger partial charge in [-0.25, -0.2) is 0 Å². The first-order chi connectivity index (χ1) is 19.3. The Labute approximate surface area is 255 Å². The Morgan fingerprint density at radius 1 is 0.432 bits per heavy atom. The Kier molecular flexibility index (Phi) is 14.2. The van der Waals surface area contributed by atoms with Gasteiger partial charge in [0.25, 0.3) is 5.08 Å². The fraction of sp³-hybridized carbons (Fsp3) is 1.00. The summed E-state index contributed by atoms with van der Waals surface area (Å²) >= 11 is 0. The van der Waals surface area contributed by atoms with E-state index >= 15 is 0 Å². The molecule has 0 amide bonds. The number of hydrogen-bond donors (Lipinski definition) is 12. The fourth-order valence-corrected chi connectivity index (χ4v) is 7.34. The van der Waals surface area contributed by atoms with Crippen molar-refractivity contribution in [2.75, 3.05) is 78.5 Å². The molecule has 1 saturated heterocycles. The quantitative estimate of drug-likeness (QED) is 0.0880. The third kappa shape index (κ3) is 12.4. The molecule has 0 bridgehead atoms. The molecule has 264 valence electrons. The minimum atomic E-state index is -5.85. The van der Waals surface area contributed by atoms with E-state index in [2.05, 4.69) is 0 Å². The van der Waals surface area contributed by atoms with Crippen LogP contribution in [0.2, 0.25) is 0 Å². The van der Waals surface area contributed by atoms with Crippen LogP contribution in [-0.4, -0.2) is 179 Å². The van der Waals surface area contributed by atoms with Gasteiger partial charge in [0.15, 0.2) is 10.7 Å². The summed E-state index contributed by atoms with van der Waals surface area (Å²) in [5.41, 5.74) is -1.28. The third-order valence-electron chi connectivity index (χ3n) is 7.21. The first-order valence-corrected chi connectivity index (χ1v) is 19.8. The second-order valence-electron chi connectivity index (χ2n) is 12.3. The number of nitrogens with zero attached hydrogens (tertiary/aromatic N) is 4. The lowest BCUT2D eigenvalue weighted by Crippen LogP contribution is -2.53. The van der Waals surface area contributed by atoms with Crippen LogP contribution in [0.5, 0.6) is 0 Å². The Morgan fingerprint density at radius 2 is 0.659 bits per heavy atom. The van der Waals surface area contributed by atoms with Gasteiger partial charge in [-0.3, -0.25) is 37.9 Å². The van der Waals surface area contributed by atoms with Crippen LogP contribution in [0, 0.1) is 0 Å². The molecule has 0 spiro atoms. The SMILES string of the molecule is CC(C)(O)CN1CCN(CC(C)(O)P(=O)(O)O)CCN(CC(C)(O)P(=O)(O)O)CCN(CC(O)(P(=O)(O)O)P(=O)(O)O)CC1. The first-order valence-electron chi connectivity index (χ1n) is 13.3. The summed E-state index contributed by atoms with van der Waals surface area (Å²) in [6.45, 7) is 1.42. The van der Waals surface area contributed by atoms with Gasteiger partial charge in [0.2, 0.25) is 0 Å². The molecule has 2 atom stereocenters. The number of rotatable bonds is 12. The predicted molar refractivity (Wildman–Crippen MR) is 156 cm³/mol. The van der Waals surface area contributed by atoms with Crippen LogP contribution < -0.4 is 0 Å². The van der Waals surface area contributed by atoms with E-state index < -0.39 is 71.4 Å². The van der Waals surface area contributed by atoms with Crippen molar-refractivity contribution in [1.82, 2.24) is 19.6 Å². The lowest BCUT2D eigenvalue weighted by Gasteiger charge is -2.40. The van der Waals surface area contributed by atoms with Gasteiger partial charge in [0, 0.05) is 72.0 Å². The summed E-state index contributed by atoms with van der Waals surface area (Å²) < 4.78 is 48.0. The molecule has 1 aliphatic heterocycles. The zero-order valence-corrected chi connectivity index (χ0v) is 28.6. The minimum absolute atomic E-state index is 0.00208. The van der Waals surface area contributed by atoms with Crippen molar-refractivity contribution in [1.29, 1.82) is 0 Å². The predicted octanol–water partition coefficient (Wildman–Crippen LogP) is -3.25. The van der Waals surface area contributed by atoms with Gasteiger partial charge in [-0.15, -0.1) is 0 Å². The van der Waals surface area contributed by atoms with Gasteiger partial charge in [-0.1, -0.05) is 0 Å². The Balaban J connectivity index is 3.55. The van der Waals surface area contributed by atoms with Gasteiger partial charge in [0.05, 0.1) is 12.1 Å². The molecule has 0 aliphatic carbocycles. The largest absolute Gasteiger partial charge is 0.389 e. The molecule has 2 unspecified atom stereocenters. The zero-order chi connectivity index (χ0) is 34.8. The highest BCUT2D eigenvalue weighted by Crippen LogP contribution is 2.67. The van der Waals surface area contributed by atoms with Crippen LogP contribution in [0.4, 0.5) is 0 Å². The van der Waals surface area contributed by atoms with Crippen molar-refractivity contribution in [3.8, 4) is 0 Å². The van der Waals surface area contributed by atoms with E-state index in [1.54, 1.807) is 4.90 Å². The molecule has 1 rings (SSSR count). The highest BCUT2D eigenvalue weighted by Gasteiger charge is 2.60. The Bertz CT molecular complexity index is 1120.